The molecule has 0 spiro atoms. The maximum atomic E-state index is 11.8. The lowest BCUT2D eigenvalue weighted by Gasteiger charge is -2.45. The van der Waals surface area contributed by atoms with Gasteiger partial charge in [0.05, 0.1) is 0 Å². The molecule has 8 heteroatoms. The predicted molar refractivity (Wildman–Crippen MR) is 112 cm³/mol. The fourth-order valence-electron chi connectivity index (χ4n) is 3.79. The Kier molecular flexibility index (Phi) is 8.48. The molecule has 3 atom stereocenters. The Morgan fingerprint density at radius 1 is 1.38 bits per heavy atom. The number of hydroxylamine groups is 1. The molecule has 160 valence electrons. The summed E-state index contributed by atoms with van der Waals surface area (Å²) in [6.45, 7) is 7.56. The number of hydrogen-bond acceptors (Lipinski definition) is 6. The van der Waals surface area contributed by atoms with Crippen molar-refractivity contribution >= 4 is 11.8 Å². The van der Waals surface area contributed by atoms with Crippen molar-refractivity contribution in [2.24, 2.45) is 5.92 Å². The van der Waals surface area contributed by atoms with E-state index in [2.05, 4.69) is 40.8 Å². The van der Waals surface area contributed by atoms with Crippen LogP contribution in [0.1, 0.15) is 40.0 Å². The molecule has 0 fully saturated rings. The smallest absolute Gasteiger partial charge is 0.267 e. The van der Waals surface area contributed by atoms with Crippen molar-refractivity contribution < 1.29 is 14.8 Å². The van der Waals surface area contributed by atoms with Crippen molar-refractivity contribution in [3.05, 3.63) is 48.5 Å². The minimum atomic E-state index is -0.570. The van der Waals surface area contributed by atoms with Gasteiger partial charge in [0.15, 0.2) is 0 Å². The van der Waals surface area contributed by atoms with E-state index in [1.54, 1.807) is 11.6 Å². The number of amides is 2. The van der Waals surface area contributed by atoms with E-state index in [0.29, 0.717) is 19.5 Å². The molecule has 2 aliphatic rings. The second-order valence-corrected chi connectivity index (χ2v) is 7.31. The summed E-state index contributed by atoms with van der Waals surface area (Å²) in [5.41, 5.74) is 2.03. The summed E-state index contributed by atoms with van der Waals surface area (Å²) in [6.07, 6.45) is 15.3. The normalized spacial score (nSPS) is 22.1. The number of fused-ring (bicyclic) bond motifs is 1. The van der Waals surface area contributed by atoms with E-state index in [0.717, 1.165) is 18.4 Å². The third-order valence-corrected chi connectivity index (χ3v) is 5.36. The van der Waals surface area contributed by atoms with Crippen molar-refractivity contribution in [3.63, 3.8) is 0 Å². The van der Waals surface area contributed by atoms with Crippen LogP contribution < -0.4 is 21.4 Å². The van der Waals surface area contributed by atoms with Crippen molar-refractivity contribution in [3.8, 4) is 0 Å². The van der Waals surface area contributed by atoms with Crippen LogP contribution in [-0.4, -0.2) is 46.7 Å². The van der Waals surface area contributed by atoms with E-state index < -0.39 is 11.6 Å². The van der Waals surface area contributed by atoms with Gasteiger partial charge < -0.3 is 20.9 Å². The van der Waals surface area contributed by atoms with Gasteiger partial charge in [-0.3, -0.25) is 14.8 Å². The zero-order valence-corrected chi connectivity index (χ0v) is 17.4. The first kappa shape index (κ1) is 22.7. The first-order valence-electron chi connectivity index (χ1n) is 10.2. The third-order valence-electron chi connectivity index (χ3n) is 5.36. The summed E-state index contributed by atoms with van der Waals surface area (Å²) in [5, 5.41) is 18.5. The molecule has 0 bridgehead atoms. The van der Waals surface area contributed by atoms with E-state index >= 15 is 0 Å². The highest BCUT2D eigenvalue weighted by Gasteiger charge is 2.44. The lowest BCUT2D eigenvalue weighted by atomic mass is 9.82. The quantitative estimate of drug-likeness (QED) is 0.203. The molecule has 29 heavy (non-hydrogen) atoms. The molecule has 0 aliphatic carbocycles. The van der Waals surface area contributed by atoms with Crippen LogP contribution in [-0.2, 0) is 9.59 Å². The Balaban J connectivity index is 2.08. The van der Waals surface area contributed by atoms with Gasteiger partial charge in [0.1, 0.15) is 5.66 Å². The summed E-state index contributed by atoms with van der Waals surface area (Å²) in [5.74, 6) is -0.309. The molecular formula is C21H33N5O3. The van der Waals surface area contributed by atoms with E-state index in [1.807, 2.05) is 31.6 Å². The molecule has 0 radical (unpaired) electrons. The van der Waals surface area contributed by atoms with Gasteiger partial charge in [-0.05, 0) is 31.1 Å². The molecule has 5 N–H and O–H groups in total. The Morgan fingerprint density at radius 2 is 2.17 bits per heavy atom. The zero-order valence-electron chi connectivity index (χ0n) is 17.4. The number of nitrogens with zero attached hydrogens (tertiary/aromatic N) is 1. The van der Waals surface area contributed by atoms with Gasteiger partial charge in [0.2, 0.25) is 5.91 Å². The Morgan fingerprint density at radius 3 is 2.86 bits per heavy atom. The van der Waals surface area contributed by atoms with Gasteiger partial charge in [0.25, 0.3) is 5.91 Å². The van der Waals surface area contributed by atoms with E-state index in [1.165, 1.54) is 6.08 Å². The first-order chi connectivity index (χ1) is 14.0. The molecular weight excluding hydrogens is 370 g/mol. The lowest BCUT2D eigenvalue weighted by Crippen LogP contribution is -2.59. The van der Waals surface area contributed by atoms with Gasteiger partial charge in [-0.2, -0.15) is 0 Å². The monoisotopic (exact) mass is 403 g/mol. The molecule has 3 unspecified atom stereocenters. The Hall–Kier alpha value is -2.58. The fraction of sp³-hybridized carbons (Fsp3) is 0.524. The minimum absolute atomic E-state index is 0.0622. The molecule has 8 nitrogen and oxygen atoms in total. The standard InChI is InChI=1S/C21H33N5O3/c1-4-6-18(23-12-10-19(27)22-5-2)16(3)21-11-9-17(7-8-20(28)25-29)15-26(21)14-13-24-21/h7-9,11,13-16,18,23-24,29H,4-6,10,12H2,1-3H3,(H,22,27)(H,25,28)/b8-7+. The molecule has 0 saturated heterocycles. The number of carbonyl (C=O) groups excluding carboxylic acids is 2. The average Bonchev–Trinajstić information content (AvgIpc) is 3.15. The van der Waals surface area contributed by atoms with Crippen LogP contribution in [0.3, 0.4) is 0 Å². The SMILES string of the molecule is CCCC(NCCC(=O)NCC)C(C)C12C=CC(/C=C/C(=O)NO)=CN1C=CN2. The summed E-state index contributed by atoms with van der Waals surface area (Å²) in [7, 11) is 0. The minimum Gasteiger partial charge on any atom is -0.364 e. The van der Waals surface area contributed by atoms with Crippen LogP contribution in [0.15, 0.2) is 48.5 Å². The first-order valence-corrected chi connectivity index (χ1v) is 10.2. The number of carbonyl (C=O) groups is 2. The van der Waals surface area contributed by atoms with Crippen LogP contribution in [0.2, 0.25) is 0 Å². The summed E-state index contributed by atoms with van der Waals surface area (Å²) < 4.78 is 0. The molecule has 0 saturated carbocycles. The average molecular weight is 404 g/mol. The second kappa shape index (κ2) is 10.8. The molecule has 0 aromatic heterocycles. The molecule has 0 aromatic rings. The molecule has 0 aromatic carbocycles. The van der Waals surface area contributed by atoms with Gasteiger partial charge in [-0.15, -0.1) is 0 Å². The maximum absolute atomic E-state index is 11.8. The third kappa shape index (κ3) is 5.71. The van der Waals surface area contributed by atoms with Gasteiger partial charge in [-0.25, -0.2) is 5.48 Å². The van der Waals surface area contributed by atoms with E-state index in [9.17, 15) is 9.59 Å². The highest BCUT2D eigenvalue weighted by molar-refractivity contribution is 5.87. The maximum Gasteiger partial charge on any atom is 0.267 e. The zero-order chi connectivity index (χ0) is 21.3. The van der Waals surface area contributed by atoms with Crippen molar-refractivity contribution in [1.82, 2.24) is 26.3 Å². The van der Waals surface area contributed by atoms with Crippen LogP contribution in [0.5, 0.6) is 0 Å². The van der Waals surface area contributed by atoms with Crippen LogP contribution in [0.25, 0.3) is 0 Å². The van der Waals surface area contributed by atoms with Crippen LogP contribution in [0.4, 0.5) is 0 Å². The predicted octanol–water partition coefficient (Wildman–Crippen LogP) is 1.50. The van der Waals surface area contributed by atoms with E-state index in [4.69, 9.17) is 5.21 Å². The number of allylic oxidation sites excluding steroid dienone is 3. The number of rotatable bonds is 11. The lowest BCUT2D eigenvalue weighted by molar-refractivity contribution is -0.124. The summed E-state index contributed by atoms with van der Waals surface area (Å²) in [4.78, 5) is 25.1. The highest BCUT2D eigenvalue weighted by atomic mass is 16.5. The Bertz CT molecular complexity index is 700. The van der Waals surface area contributed by atoms with Gasteiger partial charge >= 0.3 is 0 Å². The molecule has 2 heterocycles. The Labute approximate surface area is 172 Å². The van der Waals surface area contributed by atoms with Gasteiger partial charge in [-0.1, -0.05) is 26.3 Å². The highest BCUT2D eigenvalue weighted by Crippen LogP contribution is 2.35. The van der Waals surface area contributed by atoms with Crippen molar-refractivity contribution in [1.29, 1.82) is 0 Å². The van der Waals surface area contributed by atoms with E-state index in [-0.39, 0.29) is 17.9 Å². The van der Waals surface area contributed by atoms with Crippen LogP contribution in [0, 0.1) is 5.92 Å². The topological polar surface area (TPSA) is 106 Å². The van der Waals surface area contributed by atoms with Gasteiger partial charge in [0, 0.05) is 56.1 Å². The van der Waals surface area contributed by atoms with Crippen molar-refractivity contribution in [2.45, 2.75) is 51.7 Å². The number of nitrogens with one attached hydrogen (secondary N) is 4. The largest absolute Gasteiger partial charge is 0.364 e. The molecule has 2 amide bonds. The van der Waals surface area contributed by atoms with Crippen LogP contribution >= 0.6 is 0 Å². The number of hydrogen-bond donors (Lipinski definition) is 5. The molecule has 2 aliphatic heterocycles. The summed E-state index contributed by atoms with van der Waals surface area (Å²) >= 11 is 0. The second-order valence-electron chi connectivity index (χ2n) is 7.31. The van der Waals surface area contributed by atoms with Crippen molar-refractivity contribution in [2.75, 3.05) is 13.1 Å². The summed E-state index contributed by atoms with van der Waals surface area (Å²) in [6, 6.07) is 0.222. The fourth-order valence-corrected chi connectivity index (χ4v) is 3.79. The molecule has 2 rings (SSSR count).